The van der Waals surface area contributed by atoms with E-state index in [-0.39, 0.29) is 20.1 Å². The zero-order chi connectivity index (χ0) is 30.2. The molecule has 3 aromatic heterocycles. The van der Waals surface area contributed by atoms with Gasteiger partial charge in [-0.25, -0.2) is 0 Å². The number of thiophene rings is 1. The van der Waals surface area contributed by atoms with Gasteiger partial charge in [-0.2, -0.15) is 11.3 Å². The minimum absolute atomic E-state index is 0. The molecular weight excluding hydrogens is 769 g/mol. The van der Waals surface area contributed by atoms with Gasteiger partial charge in [0.2, 0.25) is 0 Å². The van der Waals surface area contributed by atoms with Crippen LogP contribution in [0, 0.1) is 32.9 Å². The Morgan fingerprint density at radius 3 is 2.29 bits per heavy atom. The van der Waals surface area contributed by atoms with Crippen LogP contribution in [0.1, 0.15) is 43.4 Å². The summed E-state index contributed by atoms with van der Waals surface area (Å²) in [6, 6.07) is 29.4. The Balaban J connectivity index is 0.000000207. The second kappa shape index (κ2) is 13.3. The standard InChI is InChI=1S/C22H20NS.C15H18GeN.Ir/c1-13(2)16-10-11-23-18(12-16)17-9-8-15(4)21-20-14(3)6-5-7-19(20)24-22(17)21;1-12-10-15(13-8-6-5-7-9-13)17-11-14(12)16(2,3)4;/h5-8,10-13H,1-4H3;5-8,10-11H,1-4H3;/q2*-1;/i13D;;. The van der Waals surface area contributed by atoms with Crippen molar-refractivity contribution < 1.29 is 21.5 Å². The first-order valence-corrected chi connectivity index (χ1v) is 22.2. The third-order valence-corrected chi connectivity index (χ3v) is 13.1. The number of aryl methyl sites for hydroxylation is 3. The van der Waals surface area contributed by atoms with Gasteiger partial charge in [0.05, 0.1) is 0 Å². The molecule has 0 amide bonds. The van der Waals surface area contributed by atoms with Crippen LogP contribution in [0.15, 0.2) is 79.1 Å². The molecule has 1 radical (unpaired) electrons. The van der Waals surface area contributed by atoms with Crippen LogP contribution in [0.3, 0.4) is 0 Å². The average Bonchev–Trinajstić information content (AvgIpc) is 3.35. The van der Waals surface area contributed by atoms with Crippen LogP contribution in [0.2, 0.25) is 17.3 Å². The van der Waals surface area contributed by atoms with Crippen LogP contribution in [-0.2, 0) is 20.1 Å². The molecule has 217 valence electrons. The van der Waals surface area contributed by atoms with Gasteiger partial charge in [0.15, 0.2) is 0 Å². The summed E-state index contributed by atoms with van der Waals surface area (Å²) in [5.41, 5.74) is 8.92. The summed E-state index contributed by atoms with van der Waals surface area (Å²) in [6.07, 6.45) is 3.88. The van der Waals surface area contributed by atoms with E-state index in [1.165, 1.54) is 41.3 Å². The minimum Gasteiger partial charge on any atom is -0.305 e. The zero-order valence-electron chi connectivity index (χ0n) is 26.6. The molecule has 0 saturated heterocycles. The summed E-state index contributed by atoms with van der Waals surface area (Å²) in [6.45, 7) is 10.3. The first-order valence-electron chi connectivity index (χ1n) is 14.6. The number of pyridine rings is 2. The fourth-order valence-electron chi connectivity index (χ4n) is 5.30. The van der Waals surface area contributed by atoms with Gasteiger partial charge in [-0.1, -0.05) is 49.9 Å². The Kier molecular flexibility index (Phi) is 9.79. The van der Waals surface area contributed by atoms with E-state index in [2.05, 4.69) is 103 Å². The van der Waals surface area contributed by atoms with Gasteiger partial charge < -0.3 is 4.98 Å². The summed E-state index contributed by atoms with van der Waals surface area (Å²) in [5.74, 6) is 6.56. The van der Waals surface area contributed by atoms with E-state index in [1.54, 1.807) is 17.5 Å². The number of aromatic nitrogens is 2. The largest absolute Gasteiger partial charge is 0.305 e. The maximum absolute atomic E-state index is 8.31. The molecule has 0 spiro atoms. The van der Waals surface area contributed by atoms with Gasteiger partial charge in [-0.15, -0.1) is 23.3 Å². The van der Waals surface area contributed by atoms with Gasteiger partial charge in [0, 0.05) is 32.4 Å². The average molecular weight is 809 g/mol. The Morgan fingerprint density at radius 2 is 1.62 bits per heavy atom. The number of benzene rings is 3. The second-order valence-electron chi connectivity index (χ2n) is 11.9. The maximum Gasteiger partial charge on any atom is 0.0346 e. The summed E-state index contributed by atoms with van der Waals surface area (Å²) < 4.78 is 12.3. The number of hydrogen-bond donors (Lipinski definition) is 0. The molecule has 0 aliphatic rings. The molecule has 5 heteroatoms. The molecule has 6 rings (SSSR count). The van der Waals surface area contributed by atoms with E-state index in [9.17, 15) is 0 Å². The predicted octanol–water partition coefficient (Wildman–Crippen LogP) is 10.1. The Hall–Kier alpha value is -2.63. The first kappa shape index (κ1) is 30.8. The monoisotopic (exact) mass is 810 g/mol. The number of nitrogens with zero attached hydrogens (tertiary/aromatic N) is 2. The smallest absolute Gasteiger partial charge is 0.0346 e. The molecule has 0 unspecified atom stereocenters. The number of fused-ring (bicyclic) bond motifs is 3. The van der Waals surface area contributed by atoms with Gasteiger partial charge in [-0.05, 0) is 46.3 Å². The fraction of sp³-hybridized carbons (Fsp3) is 0.243. The number of hydrogen-bond acceptors (Lipinski definition) is 3. The summed E-state index contributed by atoms with van der Waals surface area (Å²) in [4.78, 5) is 9.18. The molecule has 0 aliphatic carbocycles. The van der Waals surface area contributed by atoms with Crippen molar-refractivity contribution in [3.05, 3.63) is 114 Å². The molecule has 0 atom stereocenters. The summed E-state index contributed by atoms with van der Waals surface area (Å²) >= 11 is 0.0341. The van der Waals surface area contributed by atoms with Crippen molar-refractivity contribution in [3.8, 4) is 22.5 Å². The molecule has 0 fully saturated rings. The van der Waals surface area contributed by atoms with Crippen molar-refractivity contribution in [2.24, 2.45) is 0 Å². The third-order valence-electron chi connectivity index (χ3n) is 7.48. The van der Waals surface area contributed by atoms with Crippen molar-refractivity contribution in [2.45, 2.75) is 57.8 Å². The third kappa shape index (κ3) is 6.78. The van der Waals surface area contributed by atoms with Crippen LogP contribution >= 0.6 is 11.3 Å². The summed E-state index contributed by atoms with van der Waals surface area (Å²) in [5, 5.41) is 2.65. The van der Waals surface area contributed by atoms with Crippen molar-refractivity contribution in [1.29, 1.82) is 0 Å². The van der Waals surface area contributed by atoms with Gasteiger partial charge in [0.1, 0.15) is 0 Å². The van der Waals surface area contributed by atoms with E-state index < -0.39 is 19.2 Å². The van der Waals surface area contributed by atoms with Gasteiger partial charge in [0.25, 0.3) is 0 Å². The van der Waals surface area contributed by atoms with Crippen LogP contribution in [0.4, 0.5) is 0 Å². The molecule has 0 N–H and O–H groups in total. The quantitative estimate of drug-likeness (QED) is 0.131. The Morgan fingerprint density at radius 1 is 0.833 bits per heavy atom. The van der Waals surface area contributed by atoms with Crippen molar-refractivity contribution in [1.82, 2.24) is 9.97 Å². The van der Waals surface area contributed by atoms with Crippen molar-refractivity contribution >= 4 is 49.2 Å². The second-order valence-corrected chi connectivity index (χ2v) is 23.6. The topological polar surface area (TPSA) is 25.8 Å². The normalized spacial score (nSPS) is 12.0. The molecule has 3 aromatic carbocycles. The van der Waals surface area contributed by atoms with Crippen LogP contribution in [0.5, 0.6) is 0 Å². The molecular formula is C37H38GeIrN2S-2. The number of rotatable bonds is 4. The van der Waals surface area contributed by atoms with E-state index in [0.717, 1.165) is 28.1 Å². The molecule has 0 bridgehead atoms. The van der Waals surface area contributed by atoms with E-state index >= 15 is 0 Å². The maximum atomic E-state index is 8.31. The van der Waals surface area contributed by atoms with E-state index in [1.807, 2.05) is 44.2 Å². The van der Waals surface area contributed by atoms with E-state index in [4.69, 9.17) is 1.37 Å². The molecule has 2 nitrogen and oxygen atoms in total. The predicted molar refractivity (Wildman–Crippen MR) is 181 cm³/mol. The SMILES string of the molecule is Cc1cc(-c2[c-]cccc2)nc[c]1[Ge]([CH3])([CH3])[CH3].[2H]C(C)(C)c1ccnc(-c2[c-]cc(C)c3c2sc2cccc(C)c23)c1.[Ir]. The zero-order valence-corrected chi connectivity index (χ0v) is 31.0. The van der Waals surface area contributed by atoms with Crippen molar-refractivity contribution in [3.63, 3.8) is 0 Å². The summed E-state index contributed by atoms with van der Waals surface area (Å²) in [7, 11) is 0. The van der Waals surface area contributed by atoms with E-state index in [0.29, 0.717) is 0 Å². The minimum atomic E-state index is -1.77. The van der Waals surface area contributed by atoms with Gasteiger partial charge in [-0.3, -0.25) is 0 Å². The molecule has 6 aromatic rings. The van der Waals surface area contributed by atoms with Crippen LogP contribution < -0.4 is 4.40 Å². The molecule has 0 saturated carbocycles. The molecule has 42 heavy (non-hydrogen) atoms. The fourth-order valence-corrected chi connectivity index (χ4v) is 10.2. The van der Waals surface area contributed by atoms with Crippen LogP contribution in [0.25, 0.3) is 42.7 Å². The molecule has 0 aliphatic heterocycles. The van der Waals surface area contributed by atoms with Crippen LogP contribution in [-0.4, -0.2) is 23.2 Å². The van der Waals surface area contributed by atoms with Gasteiger partial charge >= 0.3 is 106 Å². The van der Waals surface area contributed by atoms with Crippen molar-refractivity contribution in [2.75, 3.05) is 0 Å². The first-order chi connectivity index (χ1) is 19.8. The molecule has 3 heterocycles. The Labute approximate surface area is 272 Å². The Bertz CT molecular complexity index is 1890.